The maximum atomic E-state index is 15.5. The molecule has 27 heteroatoms. The number of hydrogen-bond donors (Lipinski definition) is 2. The van der Waals surface area contributed by atoms with Gasteiger partial charge in [-0.1, -0.05) is 0 Å². The number of phenols is 2. The first-order valence-corrected chi connectivity index (χ1v) is 20.5. The van der Waals surface area contributed by atoms with E-state index in [1.807, 2.05) is 0 Å². The van der Waals surface area contributed by atoms with Gasteiger partial charge in [0.05, 0.1) is 33.4 Å². The van der Waals surface area contributed by atoms with Crippen molar-refractivity contribution < 1.29 is 119 Å². The fourth-order valence-corrected chi connectivity index (χ4v) is 8.65. The molecule has 2 spiro atoms. The second-order valence-electron chi connectivity index (χ2n) is 15.0. The number of rotatable bonds is 6. The summed E-state index contributed by atoms with van der Waals surface area (Å²) in [6, 6.07) is 8.74. The van der Waals surface area contributed by atoms with Crippen molar-refractivity contribution in [1.82, 2.24) is 0 Å². The minimum Gasteiger partial charge on any atom is -0.503 e. The fraction of sp³-hybridized carbons (Fsp3) is 0.0909. The maximum absolute atomic E-state index is 15.5. The first-order valence-electron chi connectivity index (χ1n) is 19.1. The summed E-state index contributed by atoms with van der Waals surface area (Å²) in [5.41, 5.74) is -15.1. The van der Waals surface area contributed by atoms with Crippen molar-refractivity contribution >= 4 is 35.0 Å². The van der Waals surface area contributed by atoms with Crippen molar-refractivity contribution in [3.63, 3.8) is 0 Å². The van der Waals surface area contributed by atoms with Crippen LogP contribution in [0.4, 0.5) is 48.3 Å². The minimum absolute atomic E-state index is 0.0195. The van der Waals surface area contributed by atoms with Crippen LogP contribution in [0.3, 0.4) is 0 Å². The predicted molar refractivity (Wildman–Crippen MR) is 206 cm³/mol. The summed E-state index contributed by atoms with van der Waals surface area (Å²) in [7, 11) is -6.59. The molecule has 4 aliphatic heterocycles. The van der Waals surface area contributed by atoms with E-state index >= 15 is 13.2 Å². The Hall–Kier alpha value is -8.62. The van der Waals surface area contributed by atoms with Crippen molar-refractivity contribution in [1.29, 1.82) is 0 Å². The summed E-state index contributed by atoms with van der Waals surface area (Å²) in [4.78, 5) is 46.9. The van der Waals surface area contributed by atoms with Gasteiger partial charge in [0.1, 0.15) is 17.3 Å². The van der Waals surface area contributed by atoms with E-state index in [1.54, 1.807) is 0 Å². The lowest BCUT2D eigenvalue weighted by Gasteiger charge is -2.37. The van der Waals surface area contributed by atoms with Crippen LogP contribution >= 0.6 is 0 Å². The number of halogens is 11. The average Bonchev–Trinajstić information content (AvgIpc) is 3.77. The van der Waals surface area contributed by atoms with Gasteiger partial charge in [-0.05, 0) is 67.6 Å². The van der Waals surface area contributed by atoms with Crippen LogP contribution in [-0.2, 0) is 40.4 Å². The van der Waals surface area contributed by atoms with Gasteiger partial charge < -0.3 is 42.8 Å². The van der Waals surface area contributed by atoms with Crippen molar-refractivity contribution in [2.45, 2.75) is 23.6 Å². The Morgan fingerprint density at radius 1 is 0.549 bits per heavy atom. The lowest BCUT2D eigenvalue weighted by atomic mass is 9.77. The van der Waals surface area contributed by atoms with Crippen LogP contribution in [-0.4, -0.2) is 49.0 Å². The largest absolute Gasteiger partial charge is 0.534 e. The standard InChI is InChI=1S/C23H9F7O8S.C21H8F4O7/c1-8-14(24)5-12-18(16(8)26)36-19-13(6-15(25)20(17(19)27)38-39(33,34)23(28,29)30)22(12)11-3-2-9(35-7-31)4-10(11)21(32)37-22;22-12-4-10-18(14(24)16(12)27)31-19-11(5-13(23)17(28)15(19)25)21(10)9-2-1-7(30-6-26)3-8(9)20(29)32-21/h2-7H,1H3;1-6,27-28H. The normalized spacial score (nSPS) is 16.3. The maximum Gasteiger partial charge on any atom is 0.534 e. The third-order valence-electron chi connectivity index (χ3n) is 11.3. The molecule has 71 heavy (non-hydrogen) atoms. The number of phenolic OH excluding ortho intramolecular Hbond substituents is 2. The number of ether oxygens (including phenoxy) is 6. The van der Waals surface area contributed by atoms with Gasteiger partial charge >= 0.3 is 27.6 Å². The van der Waals surface area contributed by atoms with E-state index in [2.05, 4.69) is 13.7 Å². The molecule has 6 aromatic rings. The molecule has 0 saturated heterocycles. The SMILES string of the molecule is Cc1c(F)cc2c(c1F)Oc1c(cc(F)c(OS(=O)(=O)C(F)(F)F)c1F)C21OC(=O)c2cc(OC=O)ccc21.O=COc1ccc2c(c1)C(=O)OC21c2cc(F)c(O)c(F)c2Oc2c1cc(F)c(O)c2F. The Labute approximate surface area is 385 Å². The molecular formula is C44H17F11O15S. The Kier molecular flexibility index (Phi) is 10.7. The summed E-state index contributed by atoms with van der Waals surface area (Å²) in [5, 5.41) is 19.3. The number of alkyl halides is 3. The number of hydrogen-bond acceptors (Lipinski definition) is 15. The van der Waals surface area contributed by atoms with Gasteiger partial charge in [-0.2, -0.15) is 34.8 Å². The highest BCUT2D eigenvalue weighted by molar-refractivity contribution is 7.88. The molecule has 1 unspecified atom stereocenters. The molecule has 0 amide bonds. The number of esters is 2. The molecule has 6 aromatic carbocycles. The van der Waals surface area contributed by atoms with Crippen LogP contribution in [0, 0.1) is 53.5 Å². The monoisotopic (exact) mass is 1030 g/mol. The minimum atomic E-state index is -6.59. The predicted octanol–water partition coefficient (Wildman–Crippen LogP) is 8.64. The molecule has 0 fully saturated rings. The Morgan fingerprint density at radius 2 is 0.930 bits per heavy atom. The van der Waals surface area contributed by atoms with Gasteiger partial charge in [0, 0.05) is 16.7 Å². The second-order valence-corrected chi connectivity index (χ2v) is 16.6. The quantitative estimate of drug-likeness (QED) is 0.0526. The molecule has 0 aromatic heterocycles. The van der Waals surface area contributed by atoms with E-state index < -0.39 is 153 Å². The van der Waals surface area contributed by atoms with Gasteiger partial charge in [-0.25, -0.2) is 31.5 Å². The van der Waals surface area contributed by atoms with Crippen molar-refractivity contribution in [2.24, 2.45) is 0 Å². The zero-order chi connectivity index (χ0) is 51.6. The van der Waals surface area contributed by atoms with Gasteiger partial charge in [-0.3, -0.25) is 9.59 Å². The van der Waals surface area contributed by atoms with Crippen LogP contribution in [0.5, 0.6) is 51.7 Å². The second kappa shape index (κ2) is 16.0. The molecule has 366 valence electrons. The average molecular weight is 1030 g/mol. The highest BCUT2D eigenvalue weighted by atomic mass is 32.2. The number of carbonyl (C=O) groups excluding carboxylic acids is 4. The van der Waals surface area contributed by atoms with Gasteiger partial charge in [0.15, 0.2) is 69.0 Å². The summed E-state index contributed by atoms with van der Waals surface area (Å²) in [5.74, 6) is -24.6. The van der Waals surface area contributed by atoms with E-state index in [9.17, 15) is 72.9 Å². The van der Waals surface area contributed by atoms with Gasteiger partial charge in [0.25, 0.3) is 12.9 Å². The van der Waals surface area contributed by atoms with Crippen molar-refractivity contribution in [2.75, 3.05) is 0 Å². The van der Waals surface area contributed by atoms with Crippen LogP contribution < -0.4 is 23.1 Å². The molecule has 0 radical (unpaired) electrons. The first-order chi connectivity index (χ1) is 33.3. The first kappa shape index (κ1) is 47.4. The van der Waals surface area contributed by atoms with Crippen LogP contribution in [0.25, 0.3) is 0 Å². The highest BCUT2D eigenvalue weighted by Crippen LogP contribution is 2.61. The molecule has 0 saturated carbocycles. The van der Waals surface area contributed by atoms with Gasteiger partial charge in [-0.15, -0.1) is 0 Å². The number of carbonyl (C=O) groups is 4. The Bertz CT molecular complexity index is 3480. The van der Waals surface area contributed by atoms with E-state index in [0.29, 0.717) is 18.2 Å². The summed E-state index contributed by atoms with van der Waals surface area (Å²) in [6.45, 7) is 1.07. The lowest BCUT2D eigenvalue weighted by molar-refractivity contribution is -0.121. The molecular weight excluding hydrogens is 1010 g/mol. The highest BCUT2D eigenvalue weighted by Gasteiger charge is 2.58. The lowest BCUT2D eigenvalue weighted by Crippen LogP contribution is -2.35. The fourth-order valence-electron chi connectivity index (χ4n) is 8.19. The third kappa shape index (κ3) is 6.73. The summed E-state index contributed by atoms with van der Waals surface area (Å²) < 4.78 is 214. The van der Waals surface area contributed by atoms with Crippen LogP contribution in [0.1, 0.15) is 59.7 Å². The van der Waals surface area contributed by atoms with Crippen LogP contribution in [0.2, 0.25) is 0 Å². The molecule has 2 N–H and O–H groups in total. The molecule has 0 aliphatic carbocycles. The van der Waals surface area contributed by atoms with Crippen LogP contribution in [0.15, 0.2) is 60.7 Å². The smallest absolute Gasteiger partial charge is 0.503 e. The topological polar surface area (TPSA) is 207 Å². The van der Waals surface area contributed by atoms with E-state index in [4.69, 9.17) is 18.9 Å². The molecule has 0 bridgehead atoms. The Balaban J connectivity index is 0.000000179. The molecule has 15 nitrogen and oxygen atoms in total. The zero-order valence-corrected chi connectivity index (χ0v) is 35.0. The summed E-state index contributed by atoms with van der Waals surface area (Å²) in [6.07, 6.45) is 0. The summed E-state index contributed by atoms with van der Waals surface area (Å²) >= 11 is 0. The van der Waals surface area contributed by atoms with E-state index in [0.717, 1.165) is 31.2 Å². The molecule has 4 aliphatic rings. The molecule has 1 atom stereocenters. The third-order valence-corrected chi connectivity index (χ3v) is 12.2. The zero-order valence-electron chi connectivity index (χ0n) is 34.2. The van der Waals surface area contributed by atoms with Crippen molar-refractivity contribution in [3.8, 4) is 51.7 Å². The number of benzene rings is 6. The van der Waals surface area contributed by atoms with Gasteiger partial charge in [0.2, 0.25) is 23.2 Å². The number of fused-ring (bicyclic) bond motifs is 12. The molecule has 4 heterocycles. The molecule has 10 rings (SSSR count). The Morgan fingerprint density at radius 3 is 1.34 bits per heavy atom. The van der Waals surface area contributed by atoms with E-state index in [-0.39, 0.29) is 52.8 Å². The van der Waals surface area contributed by atoms with E-state index in [1.165, 1.54) is 12.1 Å². The van der Waals surface area contributed by atoms with Crippen molar-refractivity contribution in [3.05, 3.63) is 157 Å². The number of aromatic hydroxyl groups is 2.